The van der Waals surface area contributed by atoms with Gasteiger partial charge >= 0.3 is 0 Å². The number of carbonyl (C=O) groups is 1. The number of aryl methyl sites for hydroxylation is 2. The standard InChI is InChI=1S/C18H21N5O2/c1-11(15-9-19-22(4)12(15)2)20-17(24)10-23-13(3)21-16-8-6-5-7-14(16)18(23)25/h5-9,11H,10H2,1-4H3,(H,20,24)/t11-/m0/s1. The molecule has 0 saturated heterocycles. The van der Waals surface area contributed by atoms with Gasteiger partial charge in [-0.3, -0.25) is 18.8 Å². The molecule has 25 heavy (non-hydrogen) atoms. The van der Waals surface area contributed by atoms with E-state index in [1.165, 1.54) is 4.57 Å². The van der Waals surface area contributed by atoms with E-state index in [9.17, 15) is 9.59 Å². The van der Waals surface area contributed by atoms with Crippen molar-refractivity contribution in [3.05, 3.63) is 57.9 Å². The second-order valence-electron chi connectivity index (χ2n) is 6.17. The summed E-state index contributed by atoms with van der Waals surface area (Å²) in [5.74, 6) is 0.280. The summed E-state index contributed by atoms with van der Waals surface area (Å²) in [5, 5.41) is 7.62. The van der Waals surface area contributed by atoms with Crippen LogP contribution in [0, 0.1) is 13.8 Å². The Morgan fingerprint density at radius 1 is 1.28 bits per heavy atom. The highest BCUT2D eigenvalue weighted by Crippen LogP contribution is 2.16. The average Bonchev–Trinajstić information content (AvgIpc) is 2.91. The van der Waals surface area contributed by atoms with Crippen molar-refractivity contribution in [3.8, 4) is 0 Å². The summed E-state index contributed by atoms with van der Waals surface area (Å²) in [5.41, 5.74) is 2.38. The van der Waals surface area contributed by atoms with E-state index in [2.05, 4.69) is 15.4 Å². The molecule has 0 aliphatic carbocycles. The highest BCUT2D eigenvalue weighted by Gasteiger charge is 2.16. The summed E-state index contributed by atoms with van der Waals surface area (Å²) in [4.78, 5) is 29.5. The Hall–Kier alpha value is -2.96. The number of hydrogen-bond acceptors (Lipinski definition) is 4. The minimum atomic E-state index is -0.238. The van der Waals surface area contributed by atoms with E-state index in [0.29, 0.717) is 16.7 Å². The van der Waals surface area contributed by atoms with Crippen molar-refractivity contribution in [2.75, 3.05) is 0 Å². The summed E-state index contributed by atoms with van der Waals surface area (Å²) in [6.45, 7) is 5.52. The van der Waals surface area contributed by atoms with Gasteiger partial charge in [-0.15, -0.1) is 0 Å². The quantitative estimate of drug-likeness (QED) is 0.783. The Bertz CT molecular complexity index is 1000. The first kappa shape index (κ1) is 16.9. The largest absolute Gasteiger partial charge is 0.348 e. The van der Waals surface area contributed by atoms with Crippen molar-refractivity contribution in [1.82, 2.24) is 24.6 Å². The van der Waals surface area contributed by atoms with E-state index in [0.717, 1.165) is 11.3 Å². The summed E-state index contributed by atoms with van der Waals surface area (Å²) >= 11 is 0. The van der Waals surface area contributed by atoms with E-state index >= 15 is 0 Å². The third kappa shape index (κ3) is 3.17. The minimum Gasteiger partial charge on any atom is -0.348 e. The summed E-state index contributed by atoms with van der Waals surface area (Å²) in [6.07, 6.45) is 1.75. The maximum atomic E-state index is 12.6. The third-order valence-electron chi connectivity index (χ3n) is 4.47. The molecule has 3 aromatic rings. The van der Waals surface area contributed by atoms with Crippen LogP contribution >= 0.6 is 0 Å². The molecule has 0 unspecified atom stereocenters. The van der Waals surface area contributed by atoms with E-state index in [1.54, 1.807) is 36.0 Å². The van der Waals surface area contributed by atoms with Crippen molar-refractivity contribution < 1.29 is 4.79 Å². The minimum absolute atomic E-state index is 0.0633. The van der Waals surface area contributed by atoms with Crippen LogP contribution in [0.4, 0.5) is 0 Å². The van der Waals surface area contributed by atoms with Crippen LogP contribution in [0.15, 0.2) is 35.3 Å². The van der Waals surface area contributed by atoms with Gasteiger partial charge in [0, 0.05) is 18.3 Å². The lowest BCUT2D eigenvalue weighted by Crippen LogP contribution is -2.35. The van der Waals surface area contributed by atoms with Gasteiger partial charge in [-0.25, -0.2) is 4.98 Å². The number of para-hydroxylation sites is 1. The topological polar surface area (TPSA) is 81.8 Å². The predicted molar refractivity (Wildman–Crippen MR) is 95.2 cm³/mol. The molecule has 0 saturated carbocycles. The van der Waals surface area contributed by atoms with Crippen LogP contribution in [-0.4, -0.2) is 25.2 Å². The van der Waals surface area contributed by atoms with Crippen molar-refractivity contribution >= 4 is 16.8 Å². The number of benzene rings is 1. The number of nitrogens with one attached hydrogen (secondary N) is 1. The zero-order valence-electron chi connectivity index (χ0n) is 14.8. The molecule has 130 valence electrons. The normalized spacial score (nSPS) is 12.3. The van der Waals surface area contributed by atoms with E-state index in [-0.39, 0.29) is 24.1 Å². The first-order valence-electron chi connectivity index (χ1n) is 8.12. The highest BCUT2D eigenvalue weighted by molar-refractivity contribution is 5.79. The molecule has 1 N–H and O–H groups in total. The zero-order chi connectivity index (χ0) is 18.1. The van der Waals surface area contributed by atoms with E-state index in [1.807, 2.05) is 27.0 Å². The Kier molecular flexibility index (Phi) is 4.39. The smallest absolute Gasteiger partial charge is 0.261 e. The molecular formula is C18H21N5O2. The highest BCUT2D eigenvalue weighted by atomic mass is 16.2. The lowest BCUT2D eigenvalue weighted by atomic mass is 10.1. The summed E-state index contributed by atoms with van der Waals surface area (Å²) in [6, 6.07) is 6.95. The molecule has 1 amide bonds. The predicted octanol–water partition coefficient (Wildman–Crippen LogP) is 1.62. The van der Waals surface area contributed by atoms with Crippen LogP contribution < -0.4 is 10.9 Å². The lowest BCUT2D eigenvalue weighted by Gasteiger charge is -2.15. The van der Waals surface area contributed by atoms with Gasteiger partial charge in [0.25, 0.3) is 5.56 Å². The maximum absolute atomic E-state index is 12.6. The Labute approximate surface area is 145 Å². The van der Waals surface area contributed by atoms with Gasteiger partial charge in [-0.1, -0.05) is 12.1 Å². The molecule has 7 nitrogen and oxygen atoms in total. The molecule has 2 heterocycles. The number of carbonyl (C=O) groups excluding carboxylic acids is 1. The van der Waals surface area contributed by atoms with Gasteiger partial charge in [0.2, 0.25) is 5.91 Å². The molecule has 0 bridgehead atoms. The van der Waals surface area contributed by atoms with Gasteiger partial charge in [0.1, 0.15) is 12.4 Å². The van der Waals surface area contributed by atoms with Crippen molar-refractivity contribution in [2.45, 2.75) is 33.4 Å². The molecule has 0 fully saturated rings. The van der Waals surface area contributed by atoms with Crippen molar-refractivity contribution in [2.24, 2.45) is 7.05 Å². The van der Waals surface area contributed by atoms with Gasteiger partial charge in [-0.05, 0) is 32.9 Å². The SMILES string of the molecule is Cc1c([C@H](C)NC(=O)Cn2c(C)nc3ccccc3c2=O)cnn1C. The van der Waals surface area contributed by atoms with Gasteiger partial charge in [-0.2, -0.15) is 5.10 Å². The fourth-order valence-electron chi connectivity index (χ4n) is 2.91. The van der Waals surface area contributed by atoms with E-state index < -0.39 is 0 Å². The molecule has 3 rings (SSSR count). The first-order valence-corrected chi connectivity index (χ1v) is 8.12. The molecule has 2 aromatic heterocycles. The second-order valence-corrected chi connectivity index (χ2v) is 6.17. The lowest BCUT2D eigenvalue weighted by molar-refractivity contribution is -0.122. The molecular weight excluding hydrogens is 318 g/mol. The number of fused-ring (bicyclic) bond motifs is 1. The van der Waals surface area contributed by atoms with Crippen LogP contribution in [0.25, 0.3) is 10.9 Å². The molecule has 0 aliphatic rings. The van der Waals surface area contributed by atoms with Crippen LogP contribution in [0.1, 0.15) is 30.0 Å². The maximum Gasteiger partial charge on any atom is 0.261 e. The van der Waals surface area contributed by atoms with Crippen LogP contribution in [-0.2, 0) is 18.4 Å². The number of nitrogens with zero attached hydrogens (tertiary/aromatic N) is 4. The number of amides is 1. The first-order chi connectivity index (χ1) is 11.9. The Morgan fingerprint density at radius 3 is 2.68 bits per heavy atom. The molecule has 0 aliphatic heterocycles. The average molecular weight is 339 g/mol. The molecule has 0 radical (unpaired) electrons. The van der Waals surface area contributed by atoms with Crippen LogP contribution in [0.3, 0.4) is 0 Å². The van der Waals surface area contributed by atoms with Crippen molar-refractivity contribution in [3.63, 3.8) is 0 Å². The third-order valence-corrected chi connectivity index (χ3v) is 4.47. The summed E-state index contributed by atoms with van der Waals surface area (Å²) in [7, 11) is 1.86. The molecule has 1 aromatic carbocycles. The number of aromatic nitrogens is 4. The fraction of sp³-hybridized carbons (Fsp3) is 0.333. The van der Waals surface area contributed by atoms with Gasteiger partial charge in [0.05, 0.1) is 23.1 Å². The Balaban J connectivity index is 1.83. The summed E-state index contributed by atoms with van der Waals surface area (Å²) < 4.78 is 3.17. The Morgan fingerprint density at radius 2 is 2.00 bits per heavy atom. The fourth-order valence-corrected chi connectivity index (χ4v) is 2.91. The van der Waals surface area contributed by atoms with Crippen LogP contribution in [0.2, 0.25) is 0 Å². The van der Waals surface area contributed by atoms with E-state index in [4.69, 9.17) is 0 Å². The molecule has 1 atom stereocenters. The number of rotatable bonds is 4. The van der Waals surface area contributed by atoms with Gasteiger partial charge < -0.3 is 5.32 Å². The second kappa shape index (κ2) is 6.51. The van der Waals surface area contributed by atoms with Gasteiger partial charge in [0.15, 0.2) is 0 Å². The molecule has 0 spiro atoms. The number of hydrogen-bond donors (Lipinski definition) is 1. The monoisotopic (exact) mass is 339 g/mol. The zero-order valence-corrected chi connectivity index (χ0v) is 14.8. The molecule has 7 heteroatoms. The van der Waals surface area contributed by atoms with Crippen molar-refractivity contribution in [1.29, 1.82) is 0 Å². The van der Waals surface area contributed by atoms with Crippen LogP contribution in [0.5, 0.6) is 0 Å².